The van der Waals surface area contributed by atoms with Crippen LogP contribution in [0.2, 0.25) is 0 Å². The maximum absolute atomic E-state index is 13.0. The number of nitrogens with one attached hydrogen (secondary N) is 2. The zero-order valence-electron chi connectivity index (χ0n) is 17.4. The fourth-order valence-electron chi connectivity index (χ4n) is 3.07. The molecule has 0 radical (unpaired) electrons. The van der Waals surface area contributed by atoms with Gasteiger partial charge in [0.25, 0.3) is 0 Å². The van der Waals surface area contributed by atoms with Crippen LogP contribution in [0.5, 0.6) is 0 Å². The lowest BCUT2D eigenvalue weighted by molar-refractivity contribution is -0.137. The van der Waals surface area contributed by atoms with Gasteiger partial charge in [-0.25, -0.2) is 4.79 Å². The summed E-state index contributed by atoms with van der Waals surface area (Å²) in [7, 11) is 0. The molecule has 1 atom stereocenters. The van der Waals surface area contributed by atoms with E-state index >= 15 is 0 Å². The molecule has 0 spiro atoms. The Balaban J connectivity index is 1.68. The second-order valence-electron chi connectivity index (χ2n) is 7.06. The monoisotopic (exact) mass is 475 g/mol. The van der Waals surface area contributed by atoms with Crippen molar-refractivity contribution in [2.24, 2.45) is 0 Å². The van der Waals surface area contributed by atoms with Gasteiger partial charge in [-0.15, -0.1) is 11.6 Å². The molecule has 0 aromatic heterocycles. The quantitative estimate of drug-likeness (QED) is 0.422. The first kappa shape index (κ1) is 24.1. The number of urea groups is 1. The van der Waals surface area contributed by atoms with Crippen LogP contribution < -0.4 is 15.5 Å². The third kappa shape index (κ3) is 6.73. The van der Waals surface area contributed by atoms with Crippen molar-refractivity contribution in [2.75, 3.05) is 23.3 Å². The molecule has 3 rings (SSSR count). The summed E-state index contributed by atoms with van der Waals surface area (Å²) in [6.07, 6.45) is -4.53. The van der Waals surface area contributed by atoms with Crippen molar-refractivity contribution >= 4 is 34.9 Å². The van der Waals surface area contributed by atoms with Gasteiger partial charge in [0.15, 0.2) is 0 Å². The minimum Gasteiger partial charge on any atom is -0.353 e. The van der Waals surface area contributed by atoms with Crippen molar-refractivity contribution < 1.29 is 22.8 Å². The van der Waals surface area contributed by atoms with Crippen molar-refractivity contribution in [1.29, 1.82) is 0 Å². The summed E-state index contributed by atoms with van der Waals surface area (Å²) >= 11 is 6.21. The van der Waals surface area contributed by atoms with Crippen LogP contribution in [0.3, 0.4) is 0 Å². The minimum absolute atomic E-state index is 0.00434. The molecule has 3 amide bonds. The van der Waals surface area contributed by atoms with Crippen LogP contribution in [-0.4, -0.2) is 25.0 Å². The Morgan fingerprint density at radius 2 is 1.55 bits per heavy atom. The highest BCUT2D eigenvalue weighted by molar-refractivity contribution is 6.30. The van der Waals surface area contributed by atoms with Gasteiger partial charge in [0.2, 0.25) is 5.91 Å². The lowest BCUT2D eigenvalue weighted by atomic mass is 10.1. The molecule has 3 aromatic rings. The SMILES string of the molecule is O=C(NCCN(C(=O)Nc1cccc(C(F)(F)F)c1)c1ccccc1)C(Cl)c1ccccc1. The molecule has 3 aromatic carbocycles. The molecule has 0 fully saturated rings. The molecule has 5 nitrogen and oxygen atoms in total. The summed E-state index contributed by atoms with van der Waals surface area (Å²) in [5, 5.41) is 4.28. The van der Waals surface area contributed by atoms with Crippen LogP contribution >= 0.6 is 11.6 Å². The summed E-state index contributed by atoms with van der Waals surface area (Å²) < 4.78 is 39.0. The van der Waals surface area contributed by atoms with Gasteiger partial charge in [-0.2, -0.15) is 13.2 Å². The summed E-state index contributed by atoms with van der Waals surface area (Å²) in [4.78, 5) is 26.6. The number of amides is 3. The summed E-state index contributed by atoms with van der Waals surface area (Å²) in [5.41, 5.74) is 0.290. The van der Waals surface area contributed by atoms with E-state index in [-0.39, 0.29) is 18.8 Å². The maximum Gasteiger partial charge on any atom is 0.416 e. The van der Waals surface area contributed by atoms with E-state index in [1.54, 1.807) is 54.6 Å². The van der Waals surface area contributed by atoms with Gasteiger partial charge in [0.05, 0.1) is 5.56 Å². The molecule has 0 aliphatic rings. The van der Waals surface area contributed by atoms with Crippen LogP contribution in [0.4, 0.5) is 29.3 Å². The number of benzene rings is 3. The molecule has 0 aliphatic carbocycles. The fraction of sp³-hybridized carbons (Fsp3) is 0.167. The second kappa shape index (κ2) is 10.9. The van der Waals surface area contributed by atoms with Gasteiger partial charge in [-0.3, -0.25) is 9.69 Å². The Bertz CT molecular complexity index is 1080. The Hall–Kier alpha value is -3.52. The van der Waals surface area contributed by atoms with Crippen molar-refractivity contribution in [3.63, 3.8) is 0 Å². The summed E-state index contributed by atoms with van der Waals surface area (Å²) in [5.74, 6) is -0.422. The second-order valence-corrected chi connectivity index (χ2v) is 7.50. The van der Waals surface area contributed by atoms with Crippen molar-refractivity contribution in [3.8, 4) is 0 Å². The Kier molecular flexibility index (Phi) is 7.95. The third-order valence-electron chi connectivity index (χ3n) is 4.71. The van der Waals surface area contributed by atoms with Gasteiger partial charge in [-0.05, 0) is 35.9 Å². The molecular weight excluding hydrogens is 455 g/mol. The first-order chi connectivity index (χ1) is 15.8. The van der Waals surface area contributed by atoms with Gasteiger partial charge < -0.3 is 10.6 Å². The number of carbonyl (C=O) groups excluding carboxylic acids is 2. The van der Waals surface area contributed by atoms with Crippen molar-refractivity contribution in [2.45, 2.75) is 11.6 Å². The largest absolute Gasteiger partial charge is 0.416 e. The van der Waals surface area contributed by atoms with Crippen molar-refractivity contribution in [3.05, 3.63) is 96.1 Å². The molecule has 0 aliphatic heterocycles. The number of anilines is 2. The maximum atomic E-state index is 13.0. The van der Waals surface area contributed by atoms with Gasteiger partial charge in [0, 0.05) is 24.5 Å². The number of para-hydroxylation sites is 1. The van der Waals surface area contributed by atoms with Crippen molar-refractivity contribution in [1.82, 2.24) is 5.32 Å². The number of halogens is 4. The number of rotatable bonds is 7. The predicted octanol–water partition coefficient (Wildman–Crippen LogP) is 5.84. The van der Waals surface area contributed by atoms with Crippen LogP contribution in [0.25, 0.3) is 0 Å². The van der Waals surface area contributed by atoms with E-state index in [0.717, 1.165) is 12.1 Å². The Morgan fingerprint density at radius 1 is 0.909 bits per heavy atom. The average Bonchev–Trinajstić information content (AvgIpc) is 2.82. The third-order valence-corrected chi connectivity index (χ3v) is 5.16. The van der Waals surface area contributed by atoms with E-state index in [0.29, 0.717) is 11.3 Å². The number of hydrogen-bond donors (Lipinski definition) is 2. The Labute approximate surface area is 194 Å². The first-order valence-corrected chi connectivity index (χ1v) is 10.5. The number of carbonyl (C=O) groups is 2. The first-order valence-electron chi connectivity index (χ1n) is 10.0. The highest BCUT2D eigenvalue weighted by Crippen LogP contribution is 2.30. The fourth-order valence-corrected chi connectivity index (χ4v) is 3.30. The van der Waals surface area contributed by atoms with Crippen LogP contribution in [0, 0.1) is 0 Å². The number of nitrogens with zero attached hydrogens (tertiary/aromatic N) is 1. The lowest BCUT2D eigenvalue weighted by Crippen LogP contribution is -2.41. The average molecular weight is 476 g/mol. The van der Waals surface area contributed by atoms with E-state index in [9.17, 15) is 22.8 Å². The smallest absolute Gasteiger partial charge is 0.353 e. The number of alkyl halides is 4. The highest BCUT2D eigenvalue weighted by atomic mass is 35.5. The molecule has 0 bridgehead atoms. The molecule has 0 saturated carbocycles. The van der Waals surface area contributed by atoms with Crippen LogP contribution in [0.15, 0.2) is 84.9 Å². The number of hydrogen-bond acceptors (Lipinski definition) is 2. The zero-order valence-corrected chi connectivity index (χ0v) is 18.1. The topological polar surface area (TPSA) is 61.4 Å². The molecule has 9 heteroatoms. The summed E-state index contributed by atoms with van der Waals surface area (Å²) in [6, 6.07) is 21.1. The van der Waals surface area contributed by atoms with E-state index in [1.807, 2.05) is 6.07 Å². The zero-order chi connectivity index (χ0) is 23.8. The minimum atomic E-state index is -4.53. The van der Waals surface area contributed by atoms with Gasteiger partial charge in [0.1, 0.15) is 5.38 Å². The van der Waals surface area contributed by atoms with E-state index < -0.39 is 29.1 Å². The highest BCUT2D eigenvalue weighted by Gasteiger charge is 2.30. The normalized spacial score (nSPS) is 12.0. The molecule has 1 unspecified atom stereocenters. The molecular formula is C24H21ClF3N3O2. The van der Waals surface area contributed by atoms with Crippen LogP contribution in [-0.2, 0) is 11.0 Å². The van der Waals surface area contributed by atoms with Gasteiger partial charge >= 0.3 is 12.2 Å². The van der Waals surface area contributed by atoms with E-state index in [4.69, 9.17) is 11.6 Å². The molecule has 2 N–H and O–H groups in total. The summed E-state index contributed by atoms with van der Waals surface area (Å²) in [6.45, 7) is 0.152. The molecule has 33 heavy (non-hydrogen) atoms. The molecule has 172 valence electrons. The van der Waals surface area contributed by atoms with E-state index in [1.165, 1.54) is 17.0 Å². The van der Waals surface area contributed by atoms with Crippen LogP contribution in [0.1, 0.15) is 16.5 Å². The van der Waals surface area contributed by atoms with Gasteiger partial charge in [-0.1, -0.05) is 54.6 Å². The standard InChI is InChI=1S/C24H21ClF3N3O2/c25-21(17-8-3-1-4-9-17)22(32)29-14-15-31(20-12-5-2-6-13-20)23(33)30-19-11-7-10-18(16-19)24(26,27)28/h1-13,16,21H,14-15H2,(H,29,32)(H,30,33). The molecule has 0 heterocycles. The Morgan fingerprint density at radius 3 is 2.18 bits per heavy atom. The lowest BCUT2D eigenvalue weighted by Gasteiger charge is -2.24. The van der Waals surface area contributed by atoms with E-state index in [2.05, 4.69) is 10.6 Å². The molecule has 0 saturated heterocycles. The predicted molar refractivity (Wildman–Crippen MR) is 122 cm³/mol.